The van der Waals surface area contributed by atoms with Gasteiger partial charge < -0.3 is 19.5 Å². The van der Waals surface area contributed by atoms with Crippen molar-refractivity contribution in [2.45, 2.75) is 31.4 Å². The first-order valence-corrected chi connectivity index (χ1v) is 8.64. The molecule has 2 aromatic heterocycles. The fraction of sp³-hybridized carbons (Fsp3) is 0.500. The third kappa shape index (κ3) is 4.57. The summed E-state index contributed by atoms with van der Waals surface area (Å²) in [5.41, 5.74) is -0.883. The summed E-state index contributed by atoms with van der Waals surface area (Å²) in [7, 11) is 1.76. The normalized spacial score (nSPS) is 20.0. The van der Waals surface area contributed by atoms with Crippen molar-refractivity contribution in [3.05, 3.63) is 43.1 Å². The molecule has 0 saturated carbocycles. The van der Waals surface area contributed by atoms with Gasteiger partial charge in [0, 0.05) is 51.7 Å². The number of anilines is 1. The first-order valence-electron chi connectivity index (χ1n) is 8.64. The third-order valence-electron chi connectivity index (χ3n) is 4.63. The summed E-state index contributed by atoms with van der Waals surface area (Å²) in [6, 6.07) is 5.76. The van der Waals surface area contributed by atoms with Crippen LogP contribution in [0.15, 0.2) is 43.1 Å². The van der Waals surface area contributed by atoms with Crippen LogP contribution in [0.5, 0.6) is 0 Å². The van der Waals surface area contributed by atoms with Crippen LogP contribution < -0.4 is 4.90 Å². The van der Waals surface area contributed by atoms with Gasteiger partial charge in [-0.1, -0.05) is 6.07 Å². The summed E-state index contributed by atoms with van der Waals surface area (Å²) in [6.45, 7) is 2.37. The minimum atomic E-state index is -0.883. The number of aryl methyl sites for hydroxylation is 1. The van der Waals surface area contributed by atoms with E-state index in [1.54, 1.807) is 30.7 Å². The van der Waals surface area contributed by atoms with E-state index in [0.29, 0.717) is 25.9 Å². The van der Waals surface area contributed by atoms with E-state index < -0.39 is 5.60 Å². The lowest BCUT2D eigenvalue weighted by atomic mass is 10.0. The number of pyridine rings is 1. The molecule has 0 aromatic carbocycles. The topological polar surface area (TPSA) is 74.5 Å². The molecule has 1 saturated heterocycles. The average Bonchev–Trinajstić information content (AvgIpc) is 3.25. The fourth-order valence-corrected chi connectivity index (χ4v) is 3.27. The zero-order valence-corrected chi connectivity index (χ0v) is 14.6. The molecule has 0 aliphatic carbocycles. The number of carbonyl (C=O) groups is 1. The number of likely N-dealkylation sites (N-methyl/N-ethyl adjacent to an activating group) is 1. The maximum Gasteiger partial charge on any atom is 0.222 e. The number of aromatic nitrogens is 3. The molecule has 0 spiro atoms. The molecule has 1 amide bonds. The quantitative estimate of drug-likeness (QED) is 0.816. The van der Waals surface area contributed by atoms with E-state index >= 15 is 0 Å². The van der Waals surface area contributed by atoms with E-state index in [-0.39, 0.29) is 5.91 Å². The van der Waals surface area contributed by atoms with Crippen LogP contribution >= 0.6 is 0 Å². The number of rotatable bonds is 7. The van der Waals surface area contributed by atoms with Gasteiger partial charge in [0.25, 0.3) is 0 Å². The number of hydrogen-bond acceptors (Lipinski definition) is 5. The van der Waals surface area contributed by atoms with Gasteiger partial charge in [0.15, 0.2) is 0 Å². The second-order valence-corrected chi connectivity index (χ2v) is 6.74. The van der Waals surface area contributed by atoms with Crippen molar-refractivity contribution in [2.75, 3.05) is 31.6 Å². The summed E-state index contributed by atoms with van der Waals surface area (Å²) in [4.78, 5) is 24.4. The Morgan fingerprint density at radius 1 is 1.40 bits per heavy atom. The van der Waals surface area contributed by atoms with E-state index in [1.807, 2.05) is 29.0 Å². The van der Waals surface area contributed by atoms with Crippen LogP contribution in [0.3, 0.4) is 0 Å². The minimum Gasteiger partial charge on any atom is -0.386 e. The van der Waals surface area contributed by atoms with Gasteiger partial charge >= 0.3 is 0 Å². The predicted molar refractivity (Wildman–Crippen MR) is 95.1 cm³/mol. The Labute approximate surface area is 147 Å². The molecule has 3 rings (SSSR count). The van der Waals surface area contributed by atoms with Crippen LogP contribution in [0.25, 0.3) is 0 Å². The van der Waals surface area contributed by atoms with Gasteiger partial charge in [-0.25, -0.2) is 9.97 Å². The molecule has 1 aliphatic heterocycles. The van der Waals surface area contributed by atoms with Crippen molar-refractivity contribution >= 4 is 11.7 Å². The van der Waals surface area contributed by atoms with Gasteiger partial charge in [-0.3, -0.25) is 4.79 Å². The highest BCUT2D eigenvalue weighted by Gasteiger charge is 2.38. The summed E-state index contributed by atoms with van der Waals surface area (Å²) in [5, 5.41) is 10.8. The second kappa shape index (κ2) is 7.65. The van der Waals surface area contributed by atoms with Crippen molar-refractivity contribution in [1.29, 1.82) is 0 Å². The van der Waals surface area contributed by atoms with E-state index in [4.69, 9.17) is 0 Å². The lowest BCUT2D eigenvalue weighted by Gasteiger charge is -2.29. The number of imidazole rings is 1. The highest BCUT2D eigenvalue weighted by atomic mass is 16.3. The number of β-amino-alcohol motifs (C(OH)–C–C–N with tert-alkyl or cyclic N) is 1. The smallest absolute Gasteiger partial charge is 0.222 e. The molecular weight excluding hydrogens is 318 g/mol. The molecule has 1 fully saturated rings. The summed E-state index contributed by atoms with van der Waals surface area (Å²) < 4.78 is 1.96. The number of aliphatic hydroxyl groups is 1. The van der Waals surface area contributed by atoms with Crippen molar-refractivity contribution in [3.63, 3.8) is 0 Å². The van der Waals surface area contributed by atoms with E-state index in [0.717, 1.165) is 25.3 Å². The number of amides is 1. The zero-order valence-electron chi connectivity index (χ0n) is 14.6. The lowest BCUT2D eigenvalue weighted by Crippen LogP contribution is -2.45. The molecule has 1 N–H and O–H groups in total. The Bertz CT molecular complexity index is 676. The van der Waals surface area contributed by atoms with Gasteiger partial charge in [0.1, 0.15) is 11.4 Å². The van der Waals surface area contributed by atoms with Crippen LogP contribution in [-0.2, 0) is 11.3 Å². The van der Waals surface area contributed by atoms with Crippen LogP contribution in [0.1, 0.15) is 19.3 Å². The standard InChI is InChI=1S/C18H25N5O2/c1-21(17(24)6-4-10-22-12-9-19-15-22)13-18(25)7-11-23(14-18)16-5-2-3-8-20-16/h2-3,5,8-9,12,15,25H,4,6-7,10-11,13-14H2,1H3. The monoisotopic (exact) mass is 343 g/mol. The molecule has 1 atom stereocenters. The molecule has 3 heterocycles. The van der Waals surface area contributed by atoms with Gasteiger partial charge in [-0.15, -0.1) is 0 Å². The van der Waals surface area contributed by atoms with Gasteiger partial charge in [0.2, 0.25) is 5.91 Å². The maximum atomic E-state index is 12.3. The Kier molecular flexibility index (Phi) is 5.33. The summed E-state index contributed by atoms with van der Waals surface area (Å²) in [5.74, 6) is 0.928. The van der Waals surface area contributed by atoms with Crippen LogP contribution in [-0.4, -0.2) is 62.7 Å². The lowest BCUT2D eigenvalue weighted by molar-refractivity contribution is -0.132. The molecule has 7 heteroatoms. The van der Waals surface area contributed by atoms with Crippen LogP contribution in [0, 0.1) is 0 Å². The highest BCUT2D eigenvalue weighted by molar-refractivity contribution is 5.75. The molecule has 1 unspecified atom stereocenters. The van der Waals surface area contributed by atoms with E-state index in [1.165, 1.54) is 0 Å². The van der Waals surface area contributed by atoms with Gasteiger partial charge in [-0.2, -0.15) is 0 Å². The van der Waals surface area contributed by atoms with Crippen molar-refractivity contribution in [2.24, 2.45) is 0 Å². The maximum absolute atomic E-state index is 12.3. The number of carbonyl (C=O) groups excluding carboxylic acids is 1. The minimum absolute atomic E-state index is 0.0600. The first-order chi connectivity index (χ1) is 12.1. The molecule has 7 nitrogen and oxygen atoms in total. The van der Waals surface area contributed by atoms with Crippen molar-refractivity contribution in [3.8, 4) is 0 Å². The van der Waals surface area contributed by atoms with Gasteiger partial charge in [0.05, 0.1) is 12.9 Å². The fourth-order valence-electron chi connectivity index (χ4n) is 3.27. The van der Waals surface area contributed by atoms with Crippen molar-refractivity contribution in [1.82, 2.24) is 19.4 Å². The van der Waals surface area contributed by atoms with Crippen molar-refractivity contribution < 1.29 is 9.90 Å². The molecule has 134 valence electrons. The molecule has 0 radical (unpaired) electrons. The SMILES string of the molecule is CN(CC1(O)CCN(c2ccccn2)C1)C(=O)CCCn1ccnc1. The van der Waals surface area contributed by atoms with Gasteiger partial charge in [-0.05, 0) is 25.0 Å². The Morgan fingerprint density at radius 3 is 3.00 bits per heavy atom. The molecule has 1 aliphatic rings. The first kappa shape index (κ1) is 17.4. The summed E-state index contributed by atoms with van der Waals surface area (Å²) in [6.07, 6.45) is 8.99. The van der Waals surface area contributed by atoms with Crippen LogP contribution in [0.2, 0.25) is 0 Å². The Hall–Kier alpha value is -2.41. The largest absolute Gasteiger partial charge is 0.386 e. The molecular formula is C18H25N5O2. The molecule has 25 heavy (non-hydrogen) atoms. The number of hydrogen-bond donors (Lipinski definition) is 1. The predicted octanol–water partition coefficient (Wildman–Crippen LogP) is 1.16. The molecule has 2 aromatic rings. The Balaban J connectivity index is 1.46. The number of nitrogens with zero attached hydrogens (tertiary/aromatic N) is 5. The van der Waals surface area contributed by atoms with E-state index in [9.17, 15) is 9.90 Å². The highest BCUT2D eigenvalue weighted by Crippen LogP contribution is 2.26. The second-order valence-electron chi connectivity index (χ2n) is 6.74. The summed E-state index contributed by atoms with van der Waals surface area (Å²) >= 11 is 0. The third-order valence-corrected chi connectivity index (χ3v) is 4.63. The zero-order chi connectivity index (χ0) is 17.7. The van der Waals surface area contributed by atoms with E-state index in [2.05, 4.69) is 14.9 Å². The Morgan fingerprint density at radius 2 is 2.28 bits per heavy atom. The van der Waals surface area contributed by atoms with Crippen LogP contribution in [0.4, 0.5) is 5.82 Å². The molecule has 0 bridgehead atoms. The average molecular weight is 343 g/mol.